The Bertz CT molecular complexity index is 1090. The Morgan fingerprint density at radius 1 is 1.21 bits per heavy atom. The molecule has 1 fully saturated rings. The Labute approximate surface area is 174 Å². The van der Waals surface area contributed by atoms with Gasteiger partial charge in [0.25, 0.3) is 5.56 Å². The van der Waals surface area contributed by atoms with Gasteiger partial charge >= 0.3 is 0 Å². The Balaban J connectivity index is 1.70. The van der Waals surface area contributed by atoms with E-state index in [2.05, 4.69) is 22.9 Å². The molecule has 0 radical (unpaired) electrons. The zero-order valence-electron chi connectivity index (χ0n) is 16.7. The van der Waals surface area contributed by atoms with Crippen LogP contribution in [0.25, 0.3) is 10.9 Å². The molecule has 4 rings (SSSR count). The second kappa shape index (κ2) is 8.05. The van der Waals surface area contributed by atoms with E-state index >= 15 is 0 Å². The van der Waals surface area contributed by atoms with Crippen molar-refractivity contribution in [1.82, 2.24) is 14.9 Å². The minimum atomic E-state index is -0.188. The summed E-state index contributed by atoms with van der Waals surface area (Å²) in [5.41, 5.74) is 1.48. The van der Waals surface area contributed by atoms with E-state index in [4.69, 9.17) is 26.1 Å². The fourth-order valence-corrected chi connectivity index (χ4v) is 4.04. The summed E-state index contributed by atoms with van der Waals surface area (Å²) in [6.45, 7) is 2.68. The number of hydrogen-bond donors (Lipinski definition) is 1. The van der Waals surface area contributed by atoms with Gasteiger partial charge in [-0.15, -0.1) is 0 Å². The third-order valence-electron chi connectivity index (χ3n) is 5.46. The first-order valence-electron chi connectivity index (χ1n) is 9.67. The third kappa shape index (κ3) is 3.95. The van der Waals surface area contributed by atoms with Gasteiger partial charge in [0.2, 0.25) is 0 Å². The first-order valence-corrected chi connectivity index (χ1v) is 10.0. The van der Waals surface area contributed by atoms with Crippen LogP contribution in [0, 0.1) is 0 Å². The number of benzene rings is 2. The van der Waals surface area contributed by atoms with Crippen molar-refractivity contribution in [2.45, 2.75) is 38.4 Å². The molecule has 0 spiro atoms. The van der Waals surface area contributed by atoms with E-state index in [-0.39, 0.29) is 11.6 Å². The summed E-state index contributed by atoms with van der Waals surface area (Å²) in [4.78, 5) is 22.7. The number of aromatic nitrogens is 2. The largest absolute Gasteiger partial charge is 0.493 e. The zero-order chi connectivity index (χ0) is 20.5. The molecule has 0 bridgehead atoms. The summed E-state index contributed by atoms with van der Waals surface area (Å²) in [5.74, 6) is 1.68. The molecule has 1 N–H and O–H groups in total. The number of fused-ring (bicyclic) bond motifs is 1. The van der Waals surface area contributed by atoms with Gasteiger partial charge in [-0.2, -0.15) is 0 Å². The van der Waals surface area contributed by atoms with Gasteiger partial charge in [0.05, 0.1) is 31.7 Å². The quantitative estimate of drug-likeness (QED) is 0.624. The minimum absolute atomic E-state index is 0.114. The van der Waals surface area contributed by atoms with E-state index < -0.39 is 0 Å². The maximum atomic E-state index is 12.7. The predicted molar refractivity (Wildman–Crippen MR) is 114 cm³/mol. The summed E-state index contributed by atoms with van der Waals surface area (Å²) in [5, 5.41) is 1.23. The van der Waals surface area contributed by atoms with E-state index in [1.807, 2.05) is 18.2 Å². The molecule has 152 valence electrons. The fraction of sp³-hybridized carbons (Fsp3) is 0.364. The molecular weight excluding hydrogens is 390 g/mol. The van der Waals surface area contributed by atoms with Crippen molar-refractivity contribution in [2.75, 3.05) is 14.2 Å². The van der Waals surface area contributed by atoms with Crippen molar-refractivity contribution in [2.24, 2.45) is 0 Å². The van der Waals surface area contributed by atoms with Crippen molar-refractivity contribution in [1.29, 1.82) is 0 Å². The minimum Gasteiger partial charge on any atom is -0.493 e. The highest BCUT2D eigenvalue weighted by atomic mass is 35.5. The summed E-state index contributed by atoms with van der Waals surface area (Å²) >= 11 is 6.43. The van der Waals surface area contributed by atoms with Crippen LogP contribution in [0.15, 0.2) is 41.2 Å². The lowest BCUT2D eigenvalue weighted by Crippen LogP contribution is -2.30. The van der Waals surface area contributed by atoms with Crippen LogP contribution in [0.1, 0.15) is 37.2 Å². The number of nitrogens with one attached hydrogen (secondary N) is 1. The standard InChI is InChI=1S/C22H24ClN3O3/c1-13(15-6-4-5-7-17(15)23)26(14-8-9-14)12-21-24-18-11-20(29-3)19(28-2)10-16(18)22(27)25-21/h4-7,10-11,13-14H,8-9,12H2,1-3H3,(H,24,25,27). The van der Waals surface area contributed by atoms with E-state index in [1.165, 1.54) is 0 Å². The molecule has 29 heavy (non-hydrogen) atoms. The molecule has 1 aliphatic rings. The monoisotopic (exact) mass is 413 g/mol. The average Bonchev–Trinajstić information content (AvgIpc) is 3.56. The smallest absolute Gasteiger partial charge is 0.258 e. The van der Waals surface area contributed by atoms with Crippen LogP contribution in [0.5, 0.6) is 11.5 Å². The summed E-state index contributed by atoms with van der Waals surface area (Å²) in [6, 6.07) is 11.9. The topological polar surface area (TPSA) is 67.5 Å². The second-order valence-electron chi connectivity index (χ2n) is 7.34. The Morgan fingerprint density at radius 2 is 1.90 bits per heavy atom. The normalized spacial score (nSPS) is 14.9. The lowest BCUT2D eigenvalue weighted by molar-refractivity contribution is 0.186. The summed E-state index contributed by atoms with van der Waals surface area (Å²) < 4.78 is 10.7. The van der Waals surface area contributed by atoms with E-state index in [0.717, 1.165) is 23.4 Å². The van der Waals surface area contributed by atoms with Gasteiger partial charge in [-0.3, -0.25) is 9.69 Å². The molecule has 7 heteroatoms. The van der Waals surface area contributed by atoms with Gasteiger partial charge < -0.3 is 14.5 Å². The van der Waals surface area contributed by atoms with Gasteiger partial charge in [-0.25, -0.2) is 4.98 Å². The number of methoxy groups -OCH3 is 2. The van der Waals surface area contributed by atoms with Crippen molar-refractivity contribution in [3.8, 4) is 11.5 Å². The van der Waals surface area contributed by atoms with Crippen LogP contribution in [-0.4, -0.2) is 35.1 Å². The first-order chi connectivity index (χ1) is 14.0. The highest BCUT2D eigenvalue weighted by Gasteiger charge is 2.34. The summed E-state index contributed by atoms with van der Waals surface area (Å²) in [6.07, 6.45) is 2.27. The van der Waals surface area contributed by atoms with Crippen LogP contribution in [0.3, 0.4) is 0 Å². The van der Waals surface area contributed by atoms with Gasteiger partial charge in [0, 0.05) is 23.2 Å². The number of halogens is 1. The van der Waals surface area contributed by atoms with Gasteiger partial charge in [-0.1, -0.05) is 29.8 Å². The van der Waals surface area contributed by atoms with Crippen molar-refractivity contribution >= 4 is 22.5 Å². The lowest BCUT2D eigenvalue weighted by Gasteiger charge is -2.29. The van der Waals surface area contributed by atoms with Gasteiger partial charge in [-0.05, 0) is 37.5 Å². The van der Waals surface area contributed by atoms with Crippen molar-refractivity contribution < 1.29 is 9.47 Å². The number of hydrogen-bond acceptors (Lipinski definition) is 5. The van der Waals surface area contributed by atoms with Gasteiger partial charge in [0.15, 0.2) is 11.5 Å². The molecule has 2 aromatic carbocycles. The number of nitrogens with zero attached hydrogens (tertiary/aromatic N) is 2. The second-order valence-corrected chi connectivity index (χ2v) is 7.75. The SMILES string of the molecule is COc1cc2nc(CN(C3CC3)C(C)c3ccccc3Cl)[nH]c(=O)c2cc1OC. The molecule has 0 saturated heterocycles. The van der Waals surface area contributed by atoms with E-state index in [0.29, 0.717) is 40.8 Å². The number of ether oxygens (including phenoxy) is 2. The first kappa shape index (κ1) is 19.7. The molecule has 1 unspecified atom stereocenters. The molecule has 0 aliphatic heterocycles. The number of rotatable bonds is 7. The Kier molecular flexibility index (Phi) is 5.48. The average molecular weight is 414 g/mol. The summed E-state index contributed by atoms with van der Waals surface area (Å²) in [7, 11) is 3.11. The fourth-order valence-electron chi connectivity index (χ4n) is 3.74. The van der Waals surface area contributed by atoms with Crippen LogP contribution in [-0.2, 0) is 6.54 Å². The molecule has 6 nitrogen and oxygen atoms in total. The third-order valence-corrected chi connectivity index (χ3v) is 5.80. The van der Waals surface area contributed by atoms with Crippen LogP contribution in [0.2, 0.25) is 5.02 Å². The predicted octanol–water partition coefficient (Wildman–Crippen LogP) is 4.32. The van der Waals surface area contributed by atoms with E-state index in [9.17, 15) is 4.79 Å². The Hall–Kier alpha value is -2.57. The molecular formula is C22H24ClN3O3. The van der Waals surface area contributed by atoms with Gasteiger partial charge in [0.1, 0.15) is 5.82 Å². The van der Waals surface area contributed by atoms with Crippen LogP contribution in [0.4, 0.5) is 0 Å². The maximum absolute atomic E-state index is 12.7. The van der Waals surface area contributed by atoms with E-state index in [1.54, 1.807) is 26.4 Å². The molecule has 1 aliphatic carbocycles. The molecule has 3 aromatic rings. The molecule has 1 saturated carbocycles. The highest BCUT2D eigenvalue weighted by molar-refractivity contribution is 6.31. The van der Waals surface area contributed by atoms with Crippen molar-refractivity contribution in [3.05, 3.63) is 63.2 Å². The van der Waals surface area contributed by atoms with Crippen LogP contribution >= 0.6 is 11.6 Å². The molecule has 1 heterocycles. The molecule has 1 atom stereocenters. The number of H-pyrrole nitrogens is 1. The van der Waals surface area contributed by atoms with Crippen molar-refractivity contribution in [3.63, 3.8) is 0 Å². The Morgan fingerprint density at radius 3 is 2.55 bits per heavy atom. The lowest BCUT2D eigenvalue weighted by atomic mass is 10.1. The zero-order valence-corrected chi connectivity index (χ0v) is 17.5. The molecule has 0 amide bonds. The number of aromatic amines is 1. The maximum Gasteiger partial charge on any atom is 0.258 e. The molecule has 1 aromatic heterocycles. The van der Waals surface area contributed by atoms with Crippen LogP contribution < -0.4 is 15.0 Å². The highest BCUT2D eigenvalue weighted by Crippen LogP contribution is 2.37.